The van der Waals surface area contributed by atoms with Gasteiger partial charge in [0.15, 0.2) is 0 Å². The molecular weight excluding hydrogens is 244 g/mol. The summed E-state index contributed by atoms with van der Waals surface area (Å²) in [5.74, 6) is 0. The molecule has 0 bridgehead atoms. The number of nitro groups is 1. The molecule has 1 N–H and O–H groups in total. The standard InChI is InChI=1S/C10H14N2O4S/c1-3-6-11-17(15,16)10-7-9(12(13)14)5-4-8(10)2/h4-5,7,11H,3,6H2,1-2H3. The summed E-state index contributed by atoms with van der Waals surface area (Å²) in [4.78, 5) is 9.94. The third kappa shape index (κ3) is 3.24. The van der Waals surface area contributed by atoms with Crippen molar-refractivity contribution in [3.05, 3.63) is 33.9 Å². The minimum Gasteiger partial charge on any atom is -0.258 e. The summed E-state index contributed by atoms with van der Waals surface area (Å²) in [5, 5.41) is 10.6. The smallest absolute Gasteiger partial charge is 0.258 e. The first-order valence-corrected chi connectivity index (χ1v) is 6.61. The zero-order chi connectivity index (χ0) is 13.1. The highest BCUT2D eigenvalue weighted by Crippen LogP contribution is 2.21. The Hall–Kier alpha value is -1.47. The van der Waals surface area contributed by atoms with E-state index in [1.54, 1.807) is 6.92 Å². The van der Waals surface area contributed by atoms with Gasteiger partial charge in [0.25, 0.3) is 5.69 Å². The number of sulfonamides is 1. The average molecular weight is 258 g/mol. The van der Waals surface area contributed by atoms with E-state index in [0.29, 0.717) is 18.5 Å². The van der Waals surface area contributed by atoms with Gasteiger partial charge in [-0.1, -0.05) is 13.0 Å². The molecule has 0 aliphatic heterocycles. The van der Waals surface area contributed by atoms with Gasteiger partial charge in [0.1, 0.15) is 0 Å². The molecule has 0 saturated carbocycles. The summed E-state index contributed by atoms with van der Waals surface area (Å²) in [6, 6.07) is 3.79. The molecule has 0 aromatic heterocycles. The molecule has 7 heteroatoms. The van der Waals surface area contributed by atoms with E-state index in [0.717, 1.165) is 6.07 Å². The first kappa shape index (κ1) is 13.6. The van der Waals surface area contributed by atoms with Crippen molar-refractivity contribution in [2.75, 3.05) is 6.54 Å². The van der Waals surface area contributed by atoms with E-state index in [9.17, 15) is 18.5 Å². The van der Waals surface area contributed by atoms with Crippen molar-refractivity contribution in [1.82, 2.24) is 4.72 Å². The van der Waals surface area contributed by atoms with Crippen LogP contribution in [0.25, 0.3) is 0 Å². The molecule has 1 aromatic carbocycles. The van der Waals surface area contributed by atoms with E-state index < -0.39 is 14.9 Å². The highest BCUT2D eigenvalue weighted by molar-refractivity contribution is 7.89. The Morgan fingerprint density at radius 1 is 1.41 bits per heavy atom. The van der Waals surface area contributed by atoms with Crippen LogP contribution in [-0.2, 0) is 10.0 Å². The Kier molecular flexibility index (Phi) is 4.19. The first-order chi connectivity index (χ1) is 7.88. The molecule has 0 aliphatic rings. The number of nitrogens with zero attached hydrogens (tertiary/aromatic N) is 1. The Morgan fingerprint density at radius 3 is 2.59 bits per heavy atom. The van der Waals surface area contributed by atoms with E-state index in [-0.39, 0.29) is 10.6 Å². The van der Waals surface area contributed by atoms with Gasteiger partial charge in [-0.15, -0.1) is 0 Å². The second-order valence-corrected chi connectivity index (χ2v) is 5.34. The van der Waals surface area contributed by atoms with Gasteiger partial charge in [-0.3, -0.25) is 10.1 Å². The van der Waals surface area contributed by atoms with Gasteiger partial charge in [0.05, 0.1) is 9.82 Å². The second-order valence-electron chi connectivity index (χ2n) is 3.60. The maximum Gasteiger partial charge on any atom is 0.270 e. The molecule has 94 valence electrons. The molecule has 0 spiro atoms. The lowest BCUT2D eigenvalue weighted by Crippen LogP contribution is -2.25. The Balaban J connectivity index is 3.20. The van der Waals surface area contributed by atoms with Crippen LogP contribution in [-0.4, -0.2) is 19.9 Å². The molecule has 0 atom stereocenters. The number of hydrogen-bond acceptors (Lipinski definition) is 4. The summed E-state index contributed by atoms with van der Waals surface area (Å²) in [6.45, 7) is 3.75. The number of non-ortho nitro benzene ring substituents is 1. The molecule has 0 fully saturated rings. The monoisotopic (exact) mass is 258 g/mol. The summed E-state index contributed by atoms with van der Waals surface area (Å²) in [6.07, 6.45) is 0.660. The van der Waals surface area contributed by atoms with Crippen LogP contribution in [0.4, 0.5) is 5.69 Å². The summed E-state index contributed by atoms with van der Waals surface area (Å²) >= 11 is 0. The summed E-state index contributed by atoms with van der Waals surface area (Å²) in [5.41, 5.74) is 0.256. The molecule has 0 saturated heterocycles. The molecule has 0 radical (unpaired) electrons. The van der Waals surface area contributed by atoms with Crippen LogP contribution in [0, 0.1) is 17.0 Å². The van der Waals surface area contributed by atoms with Crippen LogP contribution < -0.4 is 4.72 Å². The van der Waals surface area contributed by atoms with Crippen LogP contribution in [0.3, 0.4) is 0 Å². The number of rotatable bonds is 5. The molecule has 0 unspecified atom stereocenters. The van der Waals surface area contributed by atoms with E-state index in [2.05, 4.69) is 4.72 Å². The van der Waals surface area contributed by atoms with Gasteiger partial charge in [-0.25, -0.2) is 13.1 Å². The third-order valence-corrected chi connectivity index (χ3v) is 3.82. The average Bonchev–Trinajstić information content (AvgIpc) is 2.26. The van der Waals surface area contributed by atoms with Crippen LogP contribution in [0.5, 0.6) is 0 Å². The highest BCUT2D eigenvalue weighted by Gasteiger charge is 2.19. The van der Waals surface area contributed by atoms with Crippen molar-refractivity contribution < 1.29 is 13.3 Å². The van der Waals surface area contributed by atoms with Crippen molar-refractivity contribution >= 4 is 15.7 Å². The summed E-state index contributed by atoms with van der Waals surface area (Å²) in [7, 11) is -3.66. The molecule has 1 rings (SSSR count). The molecule has 0 heterocycles. The number of nitrogens with one attached hydrogen (secondary N) is 1. The van der Waals surface area contributed by atoms with Crippen molar-refractivity contribution in [1.29, 1.82) is 0 Å². The van der Waals surface area contributed by atoms with E-state index in [1.807, 2.05) is 6.92 Å². The van der Waals surface area contributed by atoms with E-state index >= 15 is 0 Å². The lowest BCUT2D eigenvalue weighted by Gasteiger charge is -2.08. The van der Waals surface area contributed by atoms with Crippen molar-refractivity contribution in [3.63, 3.8) is 0 Å². The predicted molar refractivity (Wildman–Crippen MR) is 63.3 cm³/mol. The van der Waals surface area contributed by atoms with Crippen LogP contribution >= 0.6 is 0 Å². The fourth-order valence-corrected chi connectivity index (χ4v) is 2.70. The van der Waals surface area contributed by atoms with Crippen molar-refractivity contribution in [3.8, 4) is 0 Å². The fraction of sp³-hybridized carbons (Fsp3) is 0.400. The quantitative estimate of drug-likeness (QED) is 0.641. The zero-order valence-corrected chi connectivity index (χ0v) is 10.5. The highest BCUT2D eigenvalue weighted by atomic mass is 32.2. The second kappa shape index (κ2) is 5.24. The molecule has 6 nitrogen and oxygen atoms in total. The molecule has 0 amide bonds. The van der Waals surface area contributed by atoms with Crippen LogP contribution in [0.1, 0.15) is 18.9 Å². The van der Waals surface area contributed by atoms with Crippen molar-refractivity contribution in [2.45, 2.75) is 25.2 Å². The topological polar surface area (TPSA) is 89.3 Å². The van der Waals surface area contributed by atoms with Gasteiger partial charge < -0.3 is 0 Å². The minimum atomic E-state index is -3.66. The number of aryl methyl sites for hydroxylation is 1. The van der Waals surface area contributed by atoms with Gasteiger partial charge in [0.2, 0.25) is 10.0 Å². The van der Waals surface area contributed by atoms with Crippen LogP contribution in [0.2, 0.25) is 0 Å². The number of hydrogen-bond donors (Lipinski definition) is 1. The first-order valence-electron chi connectivity index (χ1n) is 5.13. The van der Waals surface area contributed by atoms with Gasteiger partial charge >= 0.3 is 0 Å². The number of nitro benzene ring substituents is 1. The molecule has 17 heavy (non-hydrogen) atoms. The predicted octanol–water partition coefficient (Wildman–Crippen LogP) is 1.59. The Morgan fingerprint density at radius 2 is 2.06 bits per heavy atom. The van der Waals surface area contributed by atoms with Gasteiger partial charge in [-0.05, 0) is 18.9 Å². The lowest BCUT2D eigenvalue weighted by molar-refractivity contribution is -0.385. The maximum absolute atomic E-state index is 11.9. The van der Waals surface area contributed by atoms with Crippen molar-refractivity contribution in [2.24, 2.45) is 0 Å². The zero-order valence-electron chi connectivity index (χ0n) is 9.63. The van der Waals surface area contributed by atoms with E-state index in [4.69, 9.17) is 0 Å². The van der Waals surface area contributed by atoms with Gasteiger partial charge in [-0.2, -0.15) is 0 Å². The largest absolute Gasteiger partial charge is 0.270 e. The molecule has 0 aliphatic carbocycles. The summed E-state index contributed by atoms with van der Waals surface area (Å²) < 4.78 is 26.1. The van der Waals surface area contributed by atoms with Crippen LogP contribution in [0.15, 0.2) is 23.1 Å². The maximum atomic E-state index is 11.9. The minimum absolute atomic E-state index is 0.0415. The molecular formula is C10H14N2O4S. The van der Waals surface area contributed by atoms with Gasteiger partial charge in [0, 0.05) is 18.7 Å². The number of benzene rings is 1. The normalized spacial score (nSPS) is 11.4. The lowest BCUT2D eigenvalue weighted by atomic mass is 10.2. The SMILES string of the molecule is CCCNS(=O)(=O)c1cc([N+](=O)[O-])ccc1C. The fourth-order valence-electron chi connectivity index (χ4n) is 1.31. The third-order valence-electron chi connectivity index (χ3n) is 2.21. The Bertz CT molecular complexity index is 525. The molecule has 1 aromatic rings. The van der Waals surface area contributed by atoms with E-state index in [1.165, 1.54) is 12.1 Å². The Labute approximate surface area is 99.9 Å².